The van der Waals surface area contributed by atoms with E-state index in [4.69, 9.17) is 0 Å². The van der Waals surface area contributed by atoms with Crippen molar-refractivity contribution in [3.05, 3.63) is 110 Å². The molecular formula is C24H20F2N4O3. The molecular weight excluding hydrogens is 430 g/mol. The van der Waals surface area contributed by atoms with Crippen LogP contribution in [0.4, 0.5) is 8.78 Å². The van der Waals surface area contributed by atoms with Crippen molar-refractivity contribution in [2.75, 3.05) is 0 Å². The van der Waals surface area contributed by atoms with Gasteiger partial charge in [0.25, 0.3) is 5.56 Å². The molecule has 4 aromatic rings. The number of hydrogen-bond acceptors (Lipinski definition) is 4. The zero-order valence-corrected chi connectivity index (χ0v) is 17.6. The number of rotatable bonds is 6. The molecule has 7 nitrogen and oxygen atoms in total. The summed E-state index contributed by atoms with van der Waals surface area (Å²) in [6, 6.07) is 12.9. The number of carbonyl (C=O) groups excluding carboxylic acids is 1. The van der Waals surface area contributed by atoms with E-state index < -0.39 is 40.9 Å². The number of H-pyrrole nitrogens is 1. The van der Waals surface area contributed by atoms with Gasteiger partial charge in [-0.15, -0.1) is 0 Å². The molecule has 0 bridgehead atoms. The second-order valence-electron chi connectivity index (χ2n) is 7.61. The zero-order valence-electron chi connectivity index (χ0n) is 17.6. The van der Waals surface area contributed by atoms with E-state index in [9.17, 15) is 23.2 Å². The third-order valence-electron chi connectivity index (χ3n) is 5.38. The maximum absolute atomic E-state index is 14.2. The number of benzene rings is 2. The van der Waals surface area contributed by atoms with Crippen LogP contribution in [-0.2, 0) is 11.2 Å². The highest BCUT2D eigenvalue weighted by Crippen LogP contribution is 2.20. The normalized spacial score (nSPS) is 12.9. The smallest absolute Gasteiger partial charge is 0.330 e. The summed E-state index contributed by atoms with van der Waals surface area (Å²) < 4.78 is 28.3. The van der Waals surface area contributed by atoms with E-state index in [0.717, 1.165) is 22.3 Å². The van der Waals surface area contributed by atoms with Crippen LogP contribution in [0.2, 0.25) is 0 Å². The Morgan fingerprint density at radius 3 is 2.58 bits per heavy atom. The fraction of sp³-hybridized carbons (Fsp3) is 0.167. The van der Waals surface area contributed by atoms with Crippen molar-refractivity contribution in [2.24, 2.45) is 0 Å². The molecule has 0 aliphatic carbocycles. The Morgan fingerprint density at radius 1 is 1.09 bits per heavy atom. The maximum Gasteiger partial charge on any atom is 0.330 e. The van der Waals surface area contributed by atoms with Crippen molar-refractivity contribution >= 4 is 16.9 Å². The van der Waals surface area contributed by atoms with E-state index in [0.29, 0.717) is 0 Å². The molecule has 2 aromatic heterocycles. The number of nitrogens with one attached hydrogen (secondary N) is 2. The molecule has 0 saturated carbocycles. The van der Waals surface area contributed by atoms with Gasteiger partial charge in [0.2, 0.25) is 5.91 Å². The van der Waals surface area contributed by atoms with E-state index in [1.807, 2.05) is 0 Å². The fourth-order valence-corrected chi connectivity index (χ4v) is 3.72. The monoisotopic (exact) mass is 450 g/mol. The van der Waals surface area contributed by atoms with Crippen molar-refractivity contribution in [2.45, 2.75) is 25.4 Å². The van der Waals surface area contributed by atoms with Crippen LogP contribution in [0.1, 0.15) is 30.1 Å². The Morgan fingerprint density at radius 2 is 1.85 bits per heavy atom. The second kappa shape index (κ2) is 9.15. The molecule has 33 heavy (non-hydrogen) atoms. The van der Waals surface area contributed by atoms with Gasteiger partial charge >= 0.3 is 5.69 Å². The van der Waals surface area contributed by atoms with Gasteiger partial charge in [-0.25, -0.2) is 23.1 Å². The minimum Gasteiger partial charge on any atom is -0.348 e. The van der Waals surface area contributed by atoms with Crippen molar-refractivity contribution < 1.29 is 13.6 Å². The van der Waals surface area contributed by atoms with Gasteiger partial charge in [0.1, 0.15) is 23.3 Å². The third kappa shape index (κ3) is 4.57. The summed E-state index contributed by atoms with van der Waals surface area (Å²) >= 11 is 0. The third-order valence-corrected chi connectivity index (χ3v) is 5.38. The number of carbonyl (C=O) groups is 1. The second-order valence-corrected chi connectivity index (χ2v) is 7.61. The van der Waals surface area contributed by atoms with E-state index in [1.54, 1.807) is 36.4 Å². The molecule has 0 saturated heterocycles. The Hall–Kier alpha value is -4.14. The predicted molar refractivity (Wildman–Crippen MR) is 119 cm³/mol. The van der Waals surface area contributed by atoms with Gasteiger partial charge in [-0.3, -0.25) is 14.6 Å². The molecule has 4 rings (SSSR count). The van der Waals surface area contributed by atoms with Crippen LogP contribution < -0.4 is 16.6 Å². The molecule has 0 aliphatic heterocycles. The van der Waals surface area contributed by atoms with E-state index in [-0.39, 0.29) is 23.0 Å². The number of aromatic nitrogens is 3. The van der Waals surface area contributed by atoms with E-state index >= 15 is 0 Å². The quantitative estimate of drug-likeness (QED) is 0.472. The molecule has 0 unspecified atom stereocenters. The number of pyridine rings is 1. The molecule has 1 amide bonds. The molecule has 2 atom stereocenters. The molecule has 0 radical (unpaired) electrons. The summed E-state index contributed by atoms with van der Waals surface area (Å²) in [5, 5.41) is 2.80. The number of fused-ring (bicyclic) bond motifs is 1. The summed E-state index contributed by atoms with van der Waals surface area (Å²) in [5.41, 5.74) is -0.547. The van der Waals surface area contributed by atoms with E-state index in [2.05, 4.69) is 15.3 Å². The van der Waals surface area contributed by atoms with Crippen molar-refractivity contribution in [1.29, 1.82) is 0 Å². The van der Waals surface area contributed by atoms with Gasteiger partial charge in [0.15, 0.2) is 0 Å². The van der Waals surface area contributed by atoms with E-state index in [1.165, 1.54) is 25.3 Å². The summed E-state index contributed by atoms with van der Waals surface area (Å²) in [5.74, 6) is -2.21. The highest BCUT2D eigenvalue weighted by atomic mass is 19.1. The summed E-state index contributed by atoms with van der Waals surface area (Å²) in [4.78, 5) is 45.8. The molecule has 2 heterocycles. The van der Waals surface area contributed by atoms with Gasteiger partial charge in [-0.2, -0.15) is 0 Å². The number of hydrogen-bond donors (Lipinski definition) is 2. The fourth-order valence-electron chi connectivity index (χ4n) is 3.72. The lowest BCUT2D eigenvalue weighted by atomic mass is 10.0. The Kier molecular flexibility index (Phi) is 6.12. The number of aromatic amines is 1. The van der Waals surface area contributed by atoms with Gasteiger partial charge in [0.05, 0.1) is 11.4 Å². The lowest BCUT2D eigenvalue weighted by molar-refractivity contribution is -0.125. The predicted octanol–water partition coefficient (Wildman–Crippen LogP) is 3.02. The number of amides is 1. The van der Waals surface area contributed by atoms with Crippen LogP contribution in [0.15, 0.2) is 76.4 Å². The van der Waals surface area contributed by atoms with Crippen LogP contribution >= 0.6 is 0 Å². The average Bonchev–Trinajstić information content (AvgIpc) is 2.79. The molecule has 2 N–H and O–H groups in total. The highest BCUT2D eigenvalue weighted by molar-refractivity contribution is 5.82. The standard InChI is InChI=1S/C24H20F2N4O3/c1-14(17-10-9-16(25)13-19(17)26)28-22(31)20(12-15-6-3-2-4-7-15)30-23(32)18-8-5-11-27-21(18)29-24(30)33/h2-11,13-14,20H,12H2,1H3,(H,28,31)(H,27,29,33)/t14-,20-/m0/s1. The van der Waals surface area contributed by atoms with Crippen LogP contribution in [0, 0.1) is 11.6 Å². The molecule has 168 valence electrons. The Balaban J connectivity index is 1.76. The molecule has 2 aromatic carbocycles. The minimum atomic E-state index is -1.22. The summed E-state index contributed by atoms with van der Waals surface area (Å²) in [7, 11) is 0. The van der Waals surface area contributed by atoms with Gasteiger partial charge < -0.3 is 5.32 Å². The SMILES string of the molecule is C[C@H](NC(=O)[C@H](Cc1ccccc1)n1c(=O)[nH]c2ncccc2c1=O)c1ccc(F)cc1F. The van der Waals surface area contributed by atoms with Crippen molar-refractivity contribution in [3.8, 4) is 0 Å². The van der Waals surface area contributed by atoms with Gasteiger partial charge in [0, 0.05) is 24.2 Å². The van der Waals surface area contributed by atoms with Crippen LogP contribution in [-0.4, -0.2) is 20.4 Å². The first-order chi connectivity index (χ1) is 15.8. The van der Waals surface area contributed by atoms with Gasteiger partial charge in [-0.05, 0) is 30.7 Å². The first-order valence-corrected chi connectivity index (χ1v) is 10.2. The Bertz CT molecular complexity index is 1430. The van der Waals surface area contributed by atoms with Crippen molar-refractivity contribution in [3.63, 3.8) is 0 Å². The summed E-state index contributed by atoms with van der Waals surface area (Å²) in [6.07, 6.45) is 1.48. The maximum atomic E-state index is 14.2. The molecule has 0 spiro atoms. The first-order valence-electron chi connectivity index (χ1n) is 10.2. The Labute approximate surface area is 186 Å². The lowest BCUT2D eigenvalue weighted by Gasteiger charge is -2.22. The summed E-state index contributed by atoms with van der Waals surface area (Å²) in [6.45, 7) is 1.53. The average molecular weight is 450 g/mol. The highest BCUT2D eigenvalue weighted by Gasteiger charge is 2.27. The molecule has 0 aliphatic rings. The van der Waals surface area contributed by atoms with Crippen LogP contribution in [0.5, 0.6) is 0 Å². The largest absolute Gasteiger partial charge is 0.348 e. The molecule has 0 fully saturated rings. The number of halogens is 2. The minimum absolute atomic E-state index is 0.0417. The zero-order chi connectivity index (χ0) is 23.5. The van der Waals surface area contributed by atoms with Crippen molar-refractivity contribution in [1.82, 2.24) is 19.9 Å². The number of nitrogens with zero attached hydrogens (tertiary/aromatic N) is 2. The first kappa shape index (κ1) is 22.1. The topological polar surface area (TPSA) is 96.8 Å². The molecule has 9 heteroatoms. The van der Waals surface area contributed by atoms with Crippen LogP contribution in [0.25, 0.3) is 11.0 Å². The van der Waals surface area contributed by atoms with Gasteiger partial charge in [-0.1, -0.05) is 36.4 Å². The lowest BCUT2D eigenvalue weighted by Crippen LogP contribution is -2.46. The van der Waals surface area contributed by atoms with Crippen LogP contribution in [0.3, 0.4) is 0 Å².